The van der Waals surface area contributed by atoms with Crippen LogP contribution in [0.4, 0.5) is 4.79 Å². The predicted molar refractivity (Wildman–Crippen MR) is 118 cm³/mol. The molecular weight excluding hydrogens is 390 g/mol. The number of nitrogens with zero attached hydrogens (tertiary/aromatic N) is 2. The Morgan fingerprint density at radius 1 is 1.03 bits per heavy atom. The largest absolute Gasteiger partial charge is 0.465 e. The number of furan rings is 1. The van der Waals surface area contributed by atoms with Crippen molar-refractivity contribution in [2.45, 2.75) is 64.1 Å². The molecule has 5 rings (SSSR count). The minimum atomic E-state index is -0.808. The van der Waals surface area contributed by atoms with Crippen LogP contribution >= 0.6 is 0 Å². The highest BCUT2D eigenvalue weighted by atomic mass is 16.3. The molecule has 1 aromatic heterocycles. The Balaban J connectivity index is 1.23. The zero-order valence-electron chi connectivity index (χ0n) is 18.4. The lowest BCUT2D eigenvalue weighted by atomic mass is 9.78. The number of carbonyl (C=O) groups excluding carboxylic acids is 2. The normalized spacial score (nSPS) is 25.3. The maximum absolute atomic E-state index is 13.5. The fraction of sp³-hybridized carbons (Fsp3) is 0.520. The SMILES string of the molecule is CCc1ccc(CN2CCC([C@]3(C)NC(=O)N(C4Cc5ccccc5C4)C3=O)CC2)o1. The topological polar surface area (TPSA) is 65.8 Å². The highest BCUT2D eigenvalue weighted by Gasteiger charge is 2.55. The molecule has 1 atom stereocenters. The summed E-state index contributed by atoms with van der Waals surface area (Å²) in [6, 6.07) is 12.1. The van der Waals surface area contributed by atoms with Crippen molar-refractivity contribution in [1.29, 1.82) is 0 Å². The number of aryl methyl sites for hydroxylation is 1. The second kappa shape index (κ2) is 7.83. The first-order chi connectivity index (χ1) is 15.0. The summed E-state index contributed by atoms with van der Waals surface area (Å²) in [6.07, 6.45) is 4.20. The molecule has 3 heterocycles. The molecule has 3 aliphatic rings. The third kappa shape index (κ3) is 3.57. The number of carbonyl (C=O) groups is 2. The maximum Gasteiger partial charge on any atom is 0.325 e. The lowest BCUT2D eigenvalue weighted by Crippen LogP contribution is -2.54. The summed E-state index contributed by atoms with van der Waals surface area (Å²) in [6.45, 7) is 6.63. The van der Waals surface area contributed by atoms with Crippen LogP contribution in [-0.4, -0.2) is 46.4 Å². The standard InChI is InChI=1S/C25H31N3O3/c1-3-21-8-9-22(31-21)16-27-12-10-19(11-13-27)25(2)23(29)28(24(30)26-25)20-14-17-6-4-5-7-18(17)15-20/h4-9,19-20H,3,10-16H2,1-2H3,(H,26,30)/t25-/m0/s1. The number of piperidine rings is 1. The number of benzene rings is 1. The molecule has 2 aliphatic heterocycles. The van der Waals surface area contributed by atoms with Crippen molar-refractivity contribution in [2.75, 3.05) is 13.1 Å². The number of hydrogen-bond donors (Lipinski definition) is 1. The first-order valence-electron chi connectivity index (χ1n) is 11.5. The number of likely N-dealkylation sites (tertiary alicyclic amines) is 1. The van der Waals surface area contributed by atoms with E-state index < -0.39 is 5.54 Å². The molecule has 0 saturated carbocycles. The Bertz CT molecular complexity index is 966. The fourth-order valence-electron chi connectivity index (χ4n) is 5.59. The number of imide groups is 1. The van der Waals surface area contributed by atoms with Crippen LogP contribution in [0.5, 0.6) is 0 Å². The van der Waals surface area contributed by atoms with Gasteiger partial charge in [-0.05, 0) is 74.9 Å². The van der Waals surface area contributed by atoms with E-state index in [0.717, 1.165) is 63.3 Å². The summed E-state index contributed by atoms with van der Waals surface area (Å²) in [4.78, 5) is 30.3. The van der Waals surface area contributed by atoms with E-state index in [1.54, 1.807) is 0 Å². The monoisotopic (exact) mass is 421 g/mol. The van der Waals surface area contributed by atoms with Gasteiger partial charge in [0.2, 0.25) is 0 Å². The van der Waals surface area contributed by atoms with Gasteiger partial charge in [0.25, 0.3) is 5.91 Å². The maximum atomic E-state index is 13.5. The molecule has 3 amide bonds. The quantitative estimate of drug-likeness (QED) is 0.750. The van der Waals surface area contributed by atoms with Crippen molar-refractivity contribution < 1.29 is 14.0 Å². The lowest BCUT2D eigenvalue weighted by molar-refractivity contribution is -0.134. The van der Waals surface area contributed by atoms with Crippen LogP contribution in [0.15, 0.2) is 40.8 Å². The number of amides is 3. The van der Waals surface area contributed by atoms with Gasteiger partial charge >= 0.3 is 6.03 Å². The van der Waals surface area contributed by atoms with E-state index in [0.29, 0.717) is 0 Å². The Hall–Kier alpha value is -2.60. The van der Waals surface area contributed by atoms with Crippen molar-refractivity contribution in [3.05, 3.63) is 59.0 Å². The van der Waals surface area contributed by atoms with Gasteiger partial charge in [0, 0.05) is 12.5 Å². The Morgan fingerprint density at radius 3 is 2.29 bits per heavy atom. The number of hydrogen-bond acceptors (Lipinski definition) is 4. The molecular formula is C25H31N3O3. The van der Waals surface area contributed by atoms with Crippen LogP contribution in [0.2, 0.25) is 0 Å². The molecule has 2 fully saturated rings. The molecule has 1 aromatic carbocycles. The van der Waals surface area contributed by atoms with Gasteiger partial charge in [0.1, 0.15) is 17.1 Å². The Morgan fingerprint density at radius 2 is 1.68 bits per heavy atom. The Kier molecular flexibility index (Phi) is 5.13. The molecule has 6 nitrogen and oxygen atoms in total. The summed E-state index contributed by atoms with van der Waals surface area (Å²) >= 11 is 0. The molecule has 1 aliphatic carbocycles. The molecule has 0 bridgehead atoms. The van der Waals surface area contributed by atoms with E-state index in [1.165, 1.54) is 16.0 Å². The molecule has 6 heteroatoms. The van der Waals surface area contributed by atoms with Crippen molar-refractivity contribution in [1.82, 2.24) is 15.1 Å². The van der Waals surface area contributed by atoms with Gasteiger partial charge in [-0.15, -0.1) is 0 Å². The second-order valence-corrected chi connectivity index (χ2v) is 9.41. The molecule has 0 spiro atoms. The van der Waals surface area contributed by atoms with Gasteiger partial charge in [-0.3, -0.25) is 14.6 Å². The van der Waals surface area contributed by atoms with E-state index in [-0.39, 0.29) is 23.9 Å². The van der Waals surface area contributed by atoms with Gasteiger partial charge in [0.15, 0.2) is 0 Å². The molecule has 164 valence electrons. The van der Waals surface area contributed by atoms with Crippen LogP contribution in [0.3, 0.4) is 0 Å². The van der Waals surface area contributed by atoms with Crippen molar-refractivity contribution in [3.8, 4) is 0 Å². The summed E-state index contributed by atoms with van der Waals surface area (Å²) in [5.74, 6) is 2.12. The zero-order valence-corrected chi connectivity index (χ0v) is 18.4. The molecule has 2 saturated heterocycles. The predicted octanol–water partition coefficient (Wildman–Crippen LogP) is 3.53. The third-order valence-electron chi connectivity index (χ3n) is 7.49. The first kappa shape index (κ1) is 20.3. The fourth-order valence-corrected chi connectivity index (χ4v) is 5.59. The van der Waals surface area contributed by atoms with Crippen molar-refractivity contribution in [3.63, 3.8) is 0 Å². The van der Waals surface area contributed by atoms with E-state index in [1.807, 2.05) is 25.1 Å². The van der Waals surface area contributed by atoms with E-state index >= 15 is 0 Å². The van der Waals surface area contributed by atoms with E-state index in [4.69, 9.17) is 4.42 Å². The average molecular weight is 422 g/mol. The molecule has 0 radical (unpaired) electrons. The highest BCUT2D eigenvalue weighted by Crippen LogP contribution is 2.36. The molecule has 1 N–H and O–H groups in total. The number of nitrogens with one attached hydrogen (secondary N) is 1. The summed E-state index contributed by atoms with van der Waals surface area (Å²) < 4.78 is 5.85. The number of fused-ring (bicyclic) bond motifs is 1. The van der Waals surface area contributed by atoms with Crippen molar-refractivity contribution in [2.24, 2.45) is 5.92 Å². The minimum absolute atomic E-state index is 0.0487. The van der Waals surface area contributed by atoms with E-state index in [9.17, 15) is 9.59 Å². The van der Waals surface area contributed by atoms with Gasteiger partial charge < -0.3 is 9.73 Å². The van der Waals surface area contributed by atoms with Crippen LogP contribution in [0, 0.1) is 5.92 Å². The number of rotatable bonds is 5. The smallest absolute Gasteiger partial charge is 0.325 e. The van der Waals surface area contributed by atoms with Crippen LogP contribution in [-0.2, 0) is 30.6 Å². The van der Waals surface area contributed by atoms with Gasteiger partial charge in [0.05, 0.1) is 6.54 Å². The minimum Gasteiger partial charge on any atom is -0.465 e. The summed E-state index contributed by atoms with van der Waals surface area (Å²) in [7, 11) is 0. The van der Waals surface area contributed by atoms with Gasteiger partial charge in [-0.25, -0.2) is 4.79 Å². The van der Waals surface area contributed by atoms with Crippen LogP contribution < -0.4 is 5.32 Å². The second-order valence-electron chi connectivity index (χ2n) is 9.41. The molecule has 31 heavy (non-hydrogen) atoms. The molecule has 2 aromatic rings. The first-order valence-corrected chi connectivity index (χ1v) is 11.5. The van der Waals surface area contributed by atoms with Crippen LogP contribution in [0.1, 0.15) is 49.3 Å². The van der Waals surface area contributed by atoms with Crippen LogP contribution in [0.25, 0.3) is 0 Å². The van der Waals surface area contributed by atoms with E-state index in [2.05, 4.69) is 35.3 Å². The Labute approximate surface area is 183 Å². The number of urea groups is 1. The van der Waals surface area contributed by atoms with Crippen molar-refractivity contribution >= 4 is 11.9 Å². The highest BCUT2D eigenvalue weighted by molar-refractivity contribution is 6.07. The lowest BCUT2D eigenvalue weighted by Gasteiger charge is -2.38. The zero-order chi connectivity index (χ0) is 21.6. The summed E-state index contributed by atoms with van der Waals surface area (Å²) in [5, 5.41) is 3.08. The van der Waals surface area contributed by atoms with Gasteiger partial charge in [-0.2, -0.15) is 0 Å². The van der Waals surface area contributed by atoms with Gasteiger partial charge in [-0.1, -0.05) is 31.2 Å². The third-order valence-corrected chi connectivity index (χ3v) is 7.49. The summed E-state index contributed by atoms with van der Waals surface area (Å²) in [5.41, 5.74) is 1.69. The average Bonchev–Trinajstić information content (AvgIpc) is 3.45. The molecule has 0 unspecified atom stereocenters.